The minimum absolute atomic E-state index is 0.689. The highest BCUT2D eigenvalue weighted by Gasteiger charge is 2.06. The molecule has 0 atom stereocenters. The van der Waals surface area contributed by atoms with Crippen LogP contribution in [0.15, 0.2) is 60.9 Å². The van der Waals surface area contributed by atoms with Crippen LogP contribution < -0.4 is 9.47 Å². The molecule has 2 aromatic carbocycles. The molecule has 3 rings (SSSR count). The van der Waals surface area contributed by atoms with Gasteiger partial charge in [0.2, 0.25) is 0 Å². The molecule has 0 saturated carbocycles. The van der Waals surface area contributed by atoms with Crippen molar-refractivity contribution in [1.29, 1.82) is 0 Å². The van der Waals surface area contributed by atoms with Gasteiger partial charge in [0.05, 0.1) is 13.2 Å². The summed E-state index contributed by atoms with van der Waals surface area (Å²) in [7, 11) is 0. The van der Waals surface area contributed by atoms with Crippen LogP contribution in [0, 0.1) is 0 Å². The van der Waals surface area contributed by atoms with Gasteiger partial charge >= 0.3 is 0 Å². The van der Waals surface area contributed by atoms with Gasteiger partial charge in [-0.1, -0.05) is 38.1 Å². The Morgan fingerprint density at radius 2 is 1.23 bits per heavy atom. The summed E-state index contributed by atoms with van der Waals surface area (Å²) in [5.41, 5.74) is 2.96. The second-order valence-electron chi connectivity index (χ2n) is 6.05. The van der Waals surface area contributed by atoms with Crippen molar-refractivity contribution in [3.05, 3.63) is 60.9 Å². The number of ether oxygens (including phenoxy) is 2. The highest BCUT2D eigenvalue weighted by molar-refractivity contribution is 5.65. The van der Waals surface area contributed by atoms with Gasteiger partial charge in [-0.3, -0.25) is 0 Å². The predicted octanol–water partition coefficient (Wildman–Crippen LogP) is 5.39. The number of nitrogens with zero attached hydrogens (tertiary/aromatic N) is 2. The largest absolute Gasteiger partial charge is 0.494 e. The molecule has 0 aliphatic heterocycles. The molecule has 4 nitrogen and oxygen atoms in total. The Hall–Kier alpha value is -2.88. The zero-order valence-corrected chi connectivity index (χ0v) is 15.3. The molecule has 0 unspecified atom stereocenters. The molecule has 0 amide bonds. The fourth-order valence-corrected chi connectivity index (χ4v) is 2.56. The Balaban J connectivity index is 1.78. The third-order valence-corrected chi connectivity index (χ3v) is 3.86. The fraction of sp³-hybridized carbons (Fsp3) is 0.273. The first-order valence-corrected chi connectivity index (χ1v) is 9.08. The Morgan fingerprint density at radius 1 is 0.692 bits per heavy atom. The van der Waals surface area contributed by atoms with Crippen LogP contribution in [-0.2, 0) is 0 Å². The number of rotatable bonds is 8. The lowest BCUT2D eigenvalue weighted by Crippen LogP contribution is -1.96. The van der Waals surface area contributed by atoms with Crippen LogP contribution >= 0.6 is 0 Å². The van der Waals surface area contributed by atoms with E-state index in [1.807, 2.05) is 60.9 Å². The summed E-state index contributed by atoms with van der Waals surface area (Å²) in [4.78, 5) is 9.06. The molecule has 1 aromatic heterocycles. The van der Waals surface area contributed by atoms with E-state index in [1.54, 1.807) is 0 Å². The predicted molar refractivity (Wildman–Crippen MR) is 104 cm³/mol. The molecule has 4 heteroatoms. The van der Waals surface area contributed by atoms with Crippen LogP contribution in [0.2, 0.25) is 0 Å². The minimum Gasteiger partial charge on any atom is -0.494 e. The van der Waals surface area contributed by atoms with Crippen molar-refractivity contribution in [1.82, 2.24) is 9.97 Å². The van der Waals surface area contributed by atoms with E-state index in [0.29, 0.717) is 12.4 Å². The SMILES string of the molecule is CCCOc1cccc(-c2cnc(-c3cccc(OCCC)c3)nc2)c1. The van der Waals surface area contributed by atoms with Gasteiger partial charge < -0.3 is 9.47 Å². The van der Waals surface area contributed by atoms with Crippen LogP contribution in [0.4, 0.5) is 0 Å². The van der Waals surface area contributed by atoms with Gasteiger partial charge in [-0.25, -0.2) is 9.97 Å². The molecular formula is C22H24N2O2. The van der Waals surface area contributed by atoms with Crippen LogP contribution in [-0.4, -0.2) is 23.2 Å². The average Bonchev–Trinajstić information content (AvgIpc) is 2.71. The van der Waals surface area contributed by atoms with Crippen molar-refractivity contribution in [3.8, 4) is 34.0 Å². The summed E-state index contributed by atoms with van der Waals surface area (Å²) in [5, 5.41) is 0. The Kier molecular flexibility index (Phi) is 6.20. The van der Waals surface area contributed by atoms with Gasteiger partial charge in [-0.05, 0) is 42.7 Å². The van der Waals surface area contributed by atoms with Crippen molar-refractivity contribution in [2.75, 3.05) is 13.2 Å². The standard InChI is InChI=1S/C22H24N2O2/c1-3-11-25-20-9-5-7-17(13-20)19-15-23-22(24-16-19)18-8-6-10-21(14-18)26-12-4-2/h5-10,13-16H,3-4,11-12H2,1-2H3. The maximum atomic E-state index is 5.70. The lowest BCUT2D eigenvalue weighted by molar-refractivity contribution is 0.317. The third-order valence-electron chi connectivity index (χ3n) is 3.86. The number of hydrogen-bond donors (Lipinski definition) is 0. The van der Waals surface area contributed by atoms with E-state index in [0.717, 1.165) is 47.6 Å². The summed E-state index contributed by atoms with van der Waals surface area (Å²) in [5.74, 6) is 2.40. The molecule has 1 heterocycles. The zero-order chi connectivity index (χ0) is 18.2. The number of benzene rings is 2. The third kappa shape index (κ3) is 4.60. The maximum Gasteiger partial charge on any atom is 0.159 e. The van der Waals surface area contributed by atoms with E-state index in [2.05, 4.69) is 23.8 Å². The maximum absolute atomic E-state index is 5.70. The second-order valence-corrected chi connectivity index (χ2v) is 6.05. The summed E-state index contributed by atoms with van der Waals surface area (Å²) in [6.07, 6.45) is 5.67. The molecule has 0 spiro atoms. The Labute approximate surface area is 154 Å². The van der Waals surface area contributed by atoms with E-state index in [9.17, 15) is 0 Å². The van der Waals surface area contributed by atoms with E-state index in [1.165, 1.54) is 0 Å². The van der Waals surface area contributed by atoms with Crippen LogP contribution in [0.25, 0.3) is 22.5 Å². The quantitative estimate of drug-likeness (QED) is 0.547. The Bertz CT molecular complexity index is 761. The fourth-order valence-electron chi connectivity index (χ4n) is 2.56. The van der Waals surface area contributed by atoms with E-state index < -0.39 is 0 Å². The van der Waals surface area contributed by atoms with Crippen molar-refractivity contribution < 1.29 is 9.47 Å². The van der Waals surface area contributed by atoms with Crippen LogP contribution in [0.5, 0.6) is 11.5 Å². The van der Waals surface area contributed by atoms with Gasteiger partial charge in [0.25, 0.3) is 0 Å². The molecule has 0 aliphatic rings. The molecule has 0 N–H and O–H groups in total. The second kappa shape index (κ2) is 8.99. The molecule has 3 aromatic rings. The topological polar surface area (TPSA) is 44.2 Å². The minimum atomic E-state index is 0.689. The molecule has 0 bridgehead atoms. The summed E-state index contributed by atoms with van der Waals surface area (Å²) in [6.45, 7) is 5.61. The van der Waals surface area contributed by atoms with Crippen molar-refractivity contribution in [2.24, 2.45) is 0 Å². The highest BCUT2D eigenvalue weighted by Crippen LogP contribution is 2.25. The van der Waals surface area contributed by atoms with E-state index in [4.69, 9.17) is 9.47 Å². The summed E-state index contributed by atoms with van der Waals surface area (Å²) < 4.78 is 11.4. The normalized spacial score (nSPS) is 10.5. The number of hydrogen-bond acceptors (Lipinski definition) is 4. The smallest absolute Gasteiger partial charge is 0.159 e. The monoisotopic (exact) mass is 348 g/mol. The Morgan fingerprint density at radius 3 is 1.81 bits per heavy atom. The first-order valence-electron chi connectivity index (χ1n) is 9.08. The summed E-state index contributed by atoms with van der Waals surface area (Å²) in [6, 6.07) is 15.9. The summed E-state index contributed by atoms with van der Waals surface area (Å²) >= 11 is 0. The van der Waals surface area contributed by atoms with E-state index in [-0.39, 0.29) is 0 Å². The molecule has 0 fully saturated rings. The van der Waals surface area contributed by atoms with Crippen molar-refractivity contribution in [2.45, 2.75) is 26.7 Å². The van der Waals surface area contributed by atoms with Crippen molar-refractivity contribution >= 4 is 0 Å². The van der Waals surface area contributed by atoms with Gasteiger partial charge in [0.15, 0.2) is 5.82 Å². The highest BCUT2D eigenvalue weighted by atomic mass is 16.5. The molecule has 134 valence electrons. The lowest BCUT2D eigenvalue weighted by atomic mass is 10.1. The van der Waals surface area contributed by atoms with Gasteiger partial charge in [-0.2, -0.15) is 0 Å². The lowest BCUT2D eigenvalue weighted by Gasteiger charge is -2.08. The molecule has 0 aliphatic carbocycles. The average molecular weight is 348 g/mol. The molecule has 0 saturated heterocycles. The number of aromatic nitrogens is 2. The van der Waals surface area contributed by atoms with Gasteiger partial charge in [0.1, 0.15) is 11.5 Å². The van der Waals surface area contributed by atoms with Crippen LogP contribution in [0.1, 0.15) is 26.7 Å². The van der Waals surface area contributed by atoms with Crippen LogP contribution in [0.3, 0.4) is 0 Å². The molecule has 0 radical (unpaired) electrons. The molecular weight excluding hydrogens is 324 g/mol. The molecule has 26 heavy (non-hydrogen) atoms. The van der Waals surface area contributed by atoms with Gasteiger partial charge in [0, 0.05) is 23.5 Å². The van der Waals surface area contributed by atoms with E-state index >= 15 is 0 Å². The van der Waals surface area contributed by atoms with Crippen molar-refractivity contribution in [3.63, 3.8) is 0 Å². The first-order chi connectivity index (χ1) is 12.8. The first kappa shape index (κ1) is 17.9. The zero-order valence-electron chi connectivity index (χ0n) is 15.3. The van der Waals surface area contributed by atoms with Gasteiger partial charge in [-0.15, -0.1) is 0 Å².